The number of nitrogens with zero attached hydrogens (tertiary/aromatic N) is 3. The van der Waals surface area contributed by atoms with E-state index in [0.717, 1.165) is 30.7 Å². The Hall–Kier alpha value is -2.37. The molecule has 2 aromatic rings. The van der Waals surface area contributed by atoms with E-state index in [0.29, 0.717) is 31.2 Å². The Labute approximate surface area is 141 Å². The van der Waals surface area contributed by atoms with Crippen LogP contribution in [0.5, 0.6) is 5.75 Å². The lowest BCUT2D eigenvalue weighted by atomic mass is 10.2. The van der Waals surface area contributed by atoms with Crippen LogP contribution in [0.15, 0.2) is 28.8 Å². The first-order valence-electron chi connectivity index (χ1n) is 8.43. The number of hydrogen-bond donors (Lipinski definition) is 0. The number of likely N-dealkylation sites (tertiary alicyclic amines) is 1. The zero-order valence-corrected chi connectivity index (χ0v) is 14.2. The highest BCUT2D eigenvalue weighted by molar-refractivity contribution is 5.76. The predicted octanol–water partition coefficient (Wildman–Crippen LogP) is 3.21. The molecule has 24 heavy (non-hydrogen) atoms. The van der Waals surface area contributed by atoms with Crippen LogP contribution in [0.25, 0.3) is 0 Å². The maximum absolute atomic E-state index is 12.5. The molecule has 1 aliphatic heterocycles. The van der Waals surface area contributed by atoms with Crippen LogP contribution in [-0.4, -0.2) is 34.1 Å². The Balaban J connectivity index is 1.49. The van der Waals surface area contributed by atoms with Gasteiger partial charge in [0.05, 0.1) is 12.6 Å². The maximum Gasteiger partial charge on any atom is 0.223 e. The van der Waals surface area contributed by atoms with Crippen LogP contribution >= 0.6 is 0 Å². The zero-order chi connectivity index (χ0) is 16.9. The molecule has 0 aliphatic carbocycles. The van der Waals surface area contributed by atoms with Crippen LogP contribution in [0.4, 0.5) is 0 Å². The predicted molar refractivity (Wildman–Crippen MR) is 88.6 cm³/mol. The van der Waals surface area contributed by atoms with E-state index in [-0.39, 0.29) is 11.9 Å². The van der Waals surface area contributed by atoms with Crippen LogP contribution < -0.4 is 4.74 Å². The summed E-state index contributed by atoms with van der Waals surface area (Å²) in [6.45, 7) is 5.08. The summed E-state index contributed by atoms with van der Waals surface area (Å²) in [6.07, 6.45) is 3.04. The first-order chi connectivity index (χ1) is 11.6. The third-order valence-electron chi connectivity index (χ3n) is 4.30. The number of hydrogen-bond acceptors (Lipinski definition) is 5. The minimum atomic E-state index is -0.0489. The topological polar surface area (TPSA) is 68.5 Å². The van der Waals surface area contributed by atoms with Crippen LogP contribution in [-0.2, 0) is 4.79 Å². The van der Waals surface area contributed by atoms with E-state index in [9.17, 15) is 4.79 Å². The van der Waals surface area contributed by atoms with Crippen molar-refractivity contribution < 1.29 is 14.1 Å². The van der Waals surface area contributed by atoms with Gasteiger partial charge in [-0.3, -0.25) is 4.79 Å². The molecule has 1 aromatic heterocycles. The molecule has 0 bridgehead atoms. The van der Waals surface area contributed by atoms with Gasteiger partial charge in [-0.2, -0.15) is 4.98 Å². The Bertz CT molecular complexity index is 698. The van der Waals surface area contributed by atoms with Gasteiger partial charge >= 0.3 is 0 Å². The molecule has 1 atom stereocenters. The molecule has 0 N–H and O–H groups in total. The Morgan fingerprint density at radius 1 is 1.38 bits per heavy atom. The second-order valence-electron chi connectivity index (χ2n) is 6.13. The minimum Gasteiger partial charge on any atom is -0.493 e. The van der Waals surface area contributed by atoms with Crippen LogP contribution in [0.2, 0.25) is 0 Å². The SMILES string of the molecule is Cc1nc([C@@H]2CCCN2C(=O)CCCOc2ccccc2C)no1. The molecular formula is C18H23N3O3. The lowest BCUT2D eigenvalue weighted by Crippen LogP contribution is -2.31. The first-order valence-corrected chi connectivity index (χ1v) is 8.43. The van der Waals surface area contributed by atoms with E-state index in [1.165, 1.54) is 0 Å². The zero-order valence-electron chi connectivity index (χ0n) is 14.2. The monoisotopic (exact) mass is 329 g/mol. The fourth-order valence-electron chi connectivity index (χ4n) is 3.05. The van der Waals surface area contributed by atoms with Crippen molar-refractivity contribution in [2.24, 2.45) is 0 Å². The number of carbonyl (C=O) groups excluding carboxylic acids is 1. The van der Waals surface area contributed by atoms with Crippen molar-refractivity contribution in [1.82, 2.24) is 15.0 Å². The van der Waals surface area contributed by atoms with E-state index in [1.54, 1.807) is 6.92 Å². The van der Waals surface area contributed by atoms with E-state index in [2.05, 4.69) is 10.1 Å². The molecular weight excluding hydrogens is 306 g/mol. The fourth-order valence-corrected chi connectivity index (χ4v) is 3.05. The second-order valence-corrected chi connectivity index (χ2v) is 6.13. The van der Waals surface area contributed by atoms with Gasteiger partial charge in [0.1, 0.15) is 5.75 Å². The average molecular weight is 329 g/mol. The molecule has 1 saturated heterocycles. The van der Waals surface area contributed by atoms with Crippen molar-refractivity contribution in [3.05, 3.63) is 41.5 Å². The molecule has 1 aromatic carbocycles. The summed E-state index contributed by atoms with van der Waals surface area (Å²) in [5, 5.41) is 3.97. The number of aromatic nitrogens is 2. The number of rotatable bonds is 6. The van der Waals surface area contributed by atoms with Gasteiger partial charge < -0.3 is 14.2 Å². The molecule has 6 heteroatoms. The van der Waals surface area contributed by atoms with Gasteiger partial charge in [0.15, 0.2) is 5.82 Å². The van der Waals surface area contributed by atoms with Gasteiger partial charge in [0.2, 0.25) is 11.8 Å². The number of benzene rings is 1. The van der Waals surface area contributed by atoms with Gasteiger partial charge in [-0.15, -0.1) is 0 Å². The fraction of sp³-hybridized carbons (Fsp3) is 0.500. The number of amides is 1. The van der Waals surface area contributed by atoms with Gasteiger partial charge in [-0.25, -0.2) is 0 Å². The Kier molecular flexibility index (Phi) is 5.13. The average Bonchev–Trinajstić information content (AvgIpc) is 3.21. The highest BCUT2D eigenvalue weighted by Gasteiger charge is 2.32. The van der Waals surface area contributed by atoms with Gasteiger partial charge in [0, 0.05) is 19.9 Å². The largest absolute Gasteiger partial charge is 0.493 e. The minimum absolute atomic E-state index is 0.0489. The third-order valence-corrected chi connectivity index (χ3v) is 4.30. The lowest BCUT2D eigenvalue weighted by Gasteiger charge is -2.22. The highest BCUT2D eigenvalue weighted by atomic mass is 16.5. The van der Waals surface area contributed by atoms with Crippen LogP contribution in [0.3, 0.4) is 0 Å². The summed E-state index contributed by atoms with van der Waals surface area (Å²) < 4.78 is 10.8. The summed E-state index contributed by atoms with van der Waals surface area (Å²) in [5.74, 6) is 2.17. The lowest BCUT2D eigenvalue weighted by molar-refractivity contribution is -0.132. The quantitative estimate of drug-likeness (QED) is 0.761. The van der Waals surface area contributed by atoms with Crippen molar-refractivity contribution in [2.45, 2.75) is 45.6 Å². The highest BCUT2D eigenvalue weighted by Crippen LogP contribution is 2.30. The normalized spacial score (nSPS) is 17.2. The number of para-hydroxylation sites is 1. The molecule has 6 nitrogen and oxygen atoms in total. The number of aryl methyl sites for hydroxylation is 2. The second kappa shape index (κ2) is 7.47. The summed E-state index contributed by atoms with van der Waals surface area (Å²) in [5.41, 5.74) is 1.11. The summed E-state index contributed by atoms with van der Waals surface area (Å²) in [4.78, 5) is 18.6. The molecule has 0 saturated carbocycles. The third kappa shape index (κ3) is 3.75. The Morgan fingerprint density at radius 2 is 2.21 bits per heavy atom. The smallest absolute Gasteiger partial charge is 0.223 e. The maximum atomic E-state index is 12.5. The number of ether oxygens (including phenoxy) is 1. The first kappa shape index (κ1) is 16.5. The van der Waals surface area contributed by atoms with Crippen molar-refractivity contribution in [3.8, 4) is 5.75 Å². The van der Waals surface area contributed by atoms with E-state index in [1.807, 2.05) is 36.1 Å². The summed E-state index contributed by atoms with van der Waals surface area (Å²) >= 11 is 0. The van der Waals surface area contributed by atoms with Crippen molar-refractivity contribution in [1.29, 1.82) is 0 Å². The molecule has 128 valence electrons. The molecule has 0 spiro atoms. The molecule has 1 aliphatic rings. The van der Waals surface area contributed by atoms with Gasteiger partial charge in [0.25, 0.3) is 0 Å². The molecule has 3 rings (SSSR count). The Morgan fingerprint density at radius 3 is 2.96 bits per heavy atom. The standard InChI is InChI=1S/C18H23N3O3/c1-13-7-3-4-9-16(13)23-12-6-10-17(22)21-11-5-8-15(21)18-19-14(2)24-20-18/h3-4,7,9,15H,5-6,8,10-12H2,1-2H3/t15-/m0/s1. The molecule has 0 radical (unpaired) electrons. The van der Waals surface area contributed by atoms with E-state index < -0.39 is 0 Å². The number of carbonyl (C=O) groups is 1. The van der Waals surface area contributed by atoms with Crippen molar-refractivity contribution >= 4 is 5.91 Å². The van der Waals surface area contributed by atoms with Gasteiger partial charge in [-0.05, 0) is 37.8 Å². The van der Waals surface area contributed by atoms with Crippen LogP contribution in [0.1, 0.15) is 49.0 Å². The molecule has 2 heterocycles. The van der Waals surface area contributed by atoms with E-state index >= 15 is 0 Å². The molecule has 1 amide bonds. The summed E-state index contributed by atoms with van der Waals surface area (Å²) in [6, 6.07) is 7.86. The van der Waals surface area contributed by atoms with E-state index in [4.69, 9.17) is 9.26 Å². The van der Waals surface area contributed by atoms with Crippen LogP contribution in [0, 0.1) is 13.8 Å². The van der Waals surface area contributed by atoms with Gasteiger partial charge in [-0.1, -0.05) is 23.4 Å². The molecule has 0 unspecified atom stereocenters. The van der Waals surface area contributed by atoms with Crippen molar-refractivity contribution in [2.75, 3.05) is 13.2 Å². The molecule has 1 fully saturated rings. The summed E-state index contributed by atoms with van der Waals surface area (Å²) in [7, 11) is 0. The van der Waals surface area contributed by atoms with Crippen molar-refractivity contribution in [3.63, 3.8) is 0 Å².